The molecule has 0 spiro atoms. The van der Waals surface area contributed by atoms with E-state index in [1.807, 2.05) is 4.90 Å². The van der Waals surface area contributed by atoms with Gasteiger partial charge in [-0.25, -0.2) is 0 Å². The average Bonchev–Trinajstić information content (AvgIpc) is 3.10. The van der Waals surface area contributed by atoms with Crippen LogP contribution < -0.4 is 0 Å². The predicted octanol–water partition coefficient (Wildman–Crippen LogP) is 2.47. The van der Waals surface area contributed by atoms with E-state index >= 15 is 0 Å². The number of fused-ring (bicyclic) bond motifs is 1. The fourth-order valence-electron chi connectivity index (χ4n) is 3.10. The highest BCUT2D eigenvalue weighted by molar-refractivity contribution is 5.94. The largest absolute Gasteiger partial charge is 0.327 e. The van der Waals surface area contributed by atoms with E-state index in [2.05, 4.69) is 29.3 Å². The second-order valence-electron chi connectivity index (χ2n) is 5.48. The molecule has 2 aliphatic rings. The lowest BCUT2D eigenvalue weighted by atomic mass is 10.1. The molecule has 0 unspecified atom stereocenters. The van der Waals surface area contributed by atoms with Crippen molar-refractivity contribution in [2.45, 2.75) is 51.5 Å². The number of carbonyl (C=O) groups excluding carboxylic acids is 1. The zero-order chi connectivity index (χ0) is 13.2. The highest BCUT2D eigenvalue weighted by Crippen LogP contribution is 2.26. The molecule has 1 atom stereocenters. The van der Waals surface area contributed by atoms with Gasteiger partial charge in [0.05, 0.1) is 6.04 Å². The molecule has 1 aliphatic carbocycles. The van der Waals surface area contributed by atoms with Crippen molar-refractivity contribution in [1.82, 2.24) is 15.1 Å². The molecule has 1 N–H and O–H groups in total. The zero-order valence-corrected chi connectivity index (χ0v) is 11.5. The molecule has 0 bridgehead atoms. The van der Waals surface area contributed by atoms with Crippen molar-refractivity contribution in [3.63, 3.8) is 0 Å². The van der Waals surface area contributed by atoms with E-state index in [0.717, 1.165) is 44.2 Å². The van der Waals surface area contributed by atoms with Gasteiger partial charge in [0.15, 0.2) is 5.69 Å². The second-order valence-corrected chi connectivity index (χ2v) is 5.48. The molecule has 0 aromatic carbocycles. The van der Waals surface area contributed by atoms with E-state index in [9.17, 15) is 4.79 Å². The van der Waals surface area contributed by atoms with Crippen molar-refractivity contribution in [1.29, 1.82) is 0 Å². The number of aromatic amines is 1. The van der Waals surface area contributed by atoms with Gasteiger partial charge in [-0.2, -0.15) is 5.10 Å². The summed E-state index contributed by atoms with van der Waals surface area (Å²) >= 11 is 0. The number of nitrogens with zero attached hydrogens (tertiary/aromatic N) is 2. The van der Waals surface area contributed by atoms with Gasteiger partial charge >= 0.3 is 0 Å². The van der Waals surface area contributed by atoms with Crippen LogP contribution in [-0.4, -0.2) is 33.6 Å². The quantitative estimate of drug-likeness (QED) is 0.844. The SMILES string of the molecule is CCCC[C@@H]1C=CCN1C(=O)c1n[nH]c2c1CCC2. The Balaban J connectivity index is 1.76. The number of H-pyrrole nitrogens is 1. The fraction of sp³-hybridized carbons (Fsp3) is 0.600. The minimum atomic E-state index is 0.102. The van der Waals surface area contributed by atoms with E-state index in [4.69, 9.17) is 0 Å². The molecular weight excluding hydrogens is 238 g/mol. The Bertz CT molecular complexity index is 503. The Morgan fingerprint density at radius 1 is 1.53 bits per heavy atom. The van der Waals surface area contributed by atoms with Crippen LogP contribution in [0.2, 0.25) is 0 Å². The van der Waals surface area contributed by atoms with Crippen molar-refractivity contribution < 1.29 is 4.79 Å². The smallest absolute Gasteiger partial charge is 0.275 e. The Morgan fingerprint density at radius 3 is 3.26 bits per heavy atom. The van der Waals surface area contributed by atoms with Gasteiger partial charge in [-0.3, -0.25) is 9.89 Å². The maximum atomic E-state index is 12.6. The summed E-state index contributed by atoms with van der Waals surface area (Å²) in [5.74, 6) is 0.102. The summed E-state index contributed by atoms with van der Waals surface area (Å²) in [4.78, 5) is 14.6. The molecule has 0 saturated heterocycles. The summed E-state index contributed by atoms with van der Waals surface area (Å²) in [5.41, 5.74) is 2.99. The normalized spacial score (nSPS) is 21.1. The number of nitrogens with one attached hydrogen (secondary N) is 1. The third-order valence-electron chi connectivity index (χ3n) is 4.18. The number of aromatic nitrogens is 2. The Morgan fingerprint density at radius 2 is 2.42 bits per heavy atom. The van der Waals surface area contributed by atoms with Crippen LogP contribution in [0.25, 0.3) is 0 Å². The lowest BCUT2D eigenvalue weighted by Crippen LogP contribution is -2.36. The van der Waals surface area contributed by atoms with E-state index in [1.165, 1.54) is 12.1 Å². The second kappa shape index (κ2) is 5.19. The Kier molecular flexibility index (Phi) is 3.40. The molecule has 0 radical (unpaired) electrons. The summed E-state index contributed by atoms with van der Waals surface area (Å²) in [6, 6.07) is 0.265. The van der Waals surface area contributed by atoms with Crippen molar-refractivity contribution in [3.8, 4) is 0 Å². The monoisotopic (exact) mass is 259 g/mol. The number of hydrogen-bond acceptors (Lipinski definition) is 2. The van der Waals surface area contributed by atoms with Crippen LogP contribution in [-0.2, 0) is 12.8 Å². The van der Waals surface area contributed by atoms with Crippen molar-refractivity contribution in [3.05, 3.63) is 29.1 Å². The summed E-state index contributed by atoms with van der Waals surface area (Å²) in [6.07, 6.45) is 10.8. The molecule has 0 saturated carbocycles. The van der Waals surface area contributed by atoms with E-state index in [0.29, 0.717) is 5.69 Å². The molecule has 102 valence electrons. The van der Waals surface area contributed by atoms with E-state index in [-0.39, 0.29) is 11.9 Å². The molecule has 0 fully saturated rings. The first-order valence-electron chi connectivity index (χ1n) is 7.35. The highest BCUT2D eigenvalue weighted by Gasteiger charge is 2.30. The number of amides is 1. The fourth-order valence-corrected chi connectivity index (χ4v) is 3.10. The maximum Gasteiger partial charge on any atom is 0.275 e. The first kappa shape index (κ1) is 12.5. The van der Waals surface area contributed by atoms with Crippen LogP contribution in [0.1, 0.15) is 54.4 Å². The lowest BCUT2D eigenvalue weighted by molar-refractivity contribution is 0.0736. The average molecular weight is 259 g/mol. The first-order valence-corrected chi connectivity index (χ1v) is 7.35. The summed E-state index contributed by atoms with van der Waals surface area (Å²) < 4.78 is 0. The predicted molar refractivity (Wildman–Crippen MR) is 74.1 cm³/mol. The molecule has 1 amide bonds. The van der Waals surface area contributed by atoms with Crippen LogP contribution >= 0.6 is 0 Å². The number of unbranched alkanes of at least 4 members (excludes halogenated alkanes) is 1. The van der Waals surface area contributed by atoms with Gasteiger partial charge in [0, 0.05) is 17.8 Å². The maximum absolute atomic E-state index is 12.6. The minimum absolute atomic E-state index is 0.102. The molecule has 1 aromatic rings. The zero-order valence-electron chi connectivity index (χ0n) is 11.5. The van der Waals surface area contributed by atoms with Crippen LogP contribution in [0.3, 0.4) is 0 Å². The topological polar surface area (TPSA) is 49.0 Å². The van der Waals surface area contributed by atoms with Gasteiger partial charge in [0.2, 0.25) is 0 Å². The third kappa shape index (κ3) is 2.20. The van der Waals surface area contributed by atoms with Gasteiger partial charge in [-0.15, -0.1) is 0 Å². The van der Waals surface area contributed by atoms with Crippen molar-refractivity contribution >= 4 is 5.91 Å². The number of hydrogen-bond donors (Lipinski definition) is 1. The Labute approximate surface area is 113 Å². The Hall–Kier alpha value is -1.58. The van der Waals surface area contributed by atoms with Gasteiger partial charge in [-0.05, 0) is 25.7 Å². The van der Waals surface area contributed by atoms with Gasteiger partial charge in [0.1, 0.15) is 0 Å². The molecule has 2 heterocycles. The molecule has 19 heavy (non-hydrogen) atoms. The van der Waals surface area contributed by atoms with E-state index < -0.39 is 0 Å². The van der Waals surface area contributed by atoms with Crippen LogP contribution in [0.4, 0.5) is 0 Å². The number of rotatable bonds is 4. The van der Waals surface area contributed by atoms with Crippen molar-refractivity contribution in [2.75, 3.05) is 6.54 Å². The van der Waals surface area contributed by atoms with Gasteiger partial charge < -0.3 is 4.90 Å². The van der Waals surface area contributed by atoms with E-state index in [1.54, 1.807) is 0 Å². The number of aryl methyl sites for hydroxylation is 1. The van der Waals surface area contributed by atoms with Gasteiger partial charge in [-0.1, -0.05) is 31.9 Å². The third-order valence-corrected chi connectivity index (χ3v) is 4.18. The standard InChI is InChI=1S/C15H21N3O/c1-2-3-6-11-7-5-10-18(11)15(19)14-12-8-4-9-13(12)16-17-14/h5,7,11H,2-4,6,8-10H2,1H3,(H,16,17)/t11-/m1/s1. The highest BCUT2D eigenvalue weighted by atomic mass is 16.2. The van der Waals surface area contributed by atoms with Crippen LogP contribution in [0.5, 0.6) is 0 Å². The molecule has 4 heteroatoms. The lowest BCUT2D eigenvalue weighted by Gasteiger charge is -2.24. The summed E-state index contributed by atoms with van der Waals surface area (Å²) in [5, 5.41) is 7.28. The molecular formula is C15H21N3O. The number of carbonyl (C=O) groups is 1. The molecule has 3 rings (SSSR count). The van der Waals surface area contributed by atoms with Crippen LogP contribution in [0.15, 0.2) is 12.2 Å². The summed E-state index contributed by atoms with van der Waals surface area (Å²) in [7, 11) is 0. The minimum Gasteiger partial charge on any atom is -0.327 e. The van der Waals surface area contributed by atoms with Crippen molar-refractivity contribution in [2.24, 2.45) is 0 Å². The molecule has 1 aliphatic heterocycles. The first-order chi connectivity index (χ1) is 9.31. The molecule has 1 aromatic heterocycles. The van der Waals surface area contributed by atoms with Gasteiger partial charge in [0.25, 0.3) is 5.91 Å². The van der Waals surface area contributed by atoms with Crippen LogP contribution in [0, 0.1) is 0 Å². The summed E-state index contributed by atoms with van der Waals surface area (Å²) in [6.45, 7) is 2.92. The molecule has 4 nitrogen and oxygen atoms in total.